The van der Waals surface area contributed by atoms with Gasteiger partial charge in [0.15, 0.2) is 0 Å². The van der Waals surface area contributed by atoms with Crippen LogP contribution in [0.15, 0.2) is 0 Å². The Morgan fingerprint density at radius 3 is 2.53 bits per heavy atom. The molecule has 0 aromatic rings. The van der Waals surface area contributed by atoms with Crippen LogP contribution in [-0.2, 0) is 0 Å². The van der Waals surface area contributed by atoms with Gasteiger partial charge >= 0.3 is 0 Å². The Labute approximate surface area is 118 Å². The highest BCUT2D eigenvalue weighted by Crippen LogP contribution is 2.41. The summed E-state index contributed by atoms with van der Waals surface area (Å²) >= 11 is 0. The van der Waals surface area contributed by atoms with E-state index in [1.807, 2.05) is 0 Å². The van der Waals surface area contributed by atoms with Crippen molar-refractivity contribution in [2.24, 2.45) is 5.41 Å². The predicted octanol–water partition coefficient (Wildman–Crippen LogP) is 1.93. The van der Waals surface area contributed by atoms with E-state index in [-0.39, 0.29) is 0 Å². The van der Waals surface area contributed by atoms with Crippen molar-refractivity contribution in [2.75, 3.05) is 27.2 Å². The summed E-state index contributed by atoms with van der Waals surface area (Å²) in [4.78, 5) is 5.48. The Bertz CT molecular complexity index is 328. The monoisotopic (exact) mass is 265 g/mol. The third-order valence-electron chi connectivity index (χ3n) is 6.27. The fourth-order valence-electron chi connectivity index (χ4n) is 4.98. The molecule has 2 saturated heterocycles. The lowest BCUT2D eigenvalue weighted by molar-refractivity contribution is 0.134. The second-order valence-corrected chi connectivity index (χ2v) is 7.70. The van der Waals surface area contributed by atoms with Crippen molar-refractivity contribution in [3.63, 3.8) is 0 Å². The summed E-state index contributed by atoms with van der Waals surface area (Å²) in [6.07, 6.45) is 6.96. The lowest BCUT2D eigenvalue weighted by Crippen LogP contribution is -2.52. The second kappa shape index (κ2) is 5.01. The maximum Gasteiger partial charge on any atom is 0.0271 e. The first kappa shape index (κ1) is 13.8. The molecule has 0 amide bonds. The number of nitrogens with zero attached hydrogens (tertiary/aromatic N) is 2. The SMILES string of the molecule is CNC1C(N2CCC3CCC(C2)N3C)CCC1(C)C. The Morgan fingerprint density at radius 2 is 1.79 bits per heavy atom. The van der Waals surface area contributed by atoms with E-state index in [0.717, 1.165) is 18.1 Å². The molecule has 1 N–H and O–H groups in total. The average molecular weight is 265 g/mol. The molecule has 1 saturated carbocycles. The number of likely N-dealkylation sites (N-methyl/N-ethyl adjacent to an activating group) is 2. The molecule has 4 atom stereocenters. The van der Waals surface area contributed by atoms with Crippen molar-refractivity contribution in [2.45, 2.75) is 70.1 Å². The first-order chi connectivity index (χ1) is 9.03. The molecule has 2 heterocycles. The van der Waals surface area contributed by atoms with Gasteiger partial charge in [0.2, 0.25) is 0 Å². The molecule has 0 aromatic heterocycles. The Hall–Kier alpha value is -0.120. The van der Waals surface area contributed by atoms with E-state index in [9.17, 15) is 0 Å². The summed E-state index contributed by atoms with van der Waals surface area (Å²) in [5.74, 6) is 0. The Morgan fingerprint density at radius 1 is 1.05 bits per heavy atom. The van der Waals surface area contributed by atoms with Gasteiger partial charge in [-0.3, -0.25) is 9.80 Å². The molecular weight excluding hydrogens is 234 g/mol. The lowest BCUT2D eigenvalue weighted by Gasteiger charge is -2.38. The number of nitrogens with one attached hydrogen (secondary N) is 1. The van der Waals surface area contributed by atoms with Crippen LogP contribution in [0.2, 0.25) is 0 Å². The van der Waals surface area contributed by atoms with Crippen LogP contribution < -0.4 is 5.32 Å². The first-order valence-electron chi connectivity index (χ1n) is 8.16. The molecule has 0 aromatic carbocycles. The summed E-state index contributed by atoms with van der Waals surface area (Å²) in [5.41, 5.74) is 0.455. The van der Waals surface area contributed by atoms with Gasteiger partial charge in [0.1, 0.15) is 0 Å². The average Bonchev–Trinajstić information content (AvgIpc) is 2.77. The third kappa shape index (κ3) is 2.34. The highest BCUT2D eigenvalue weighted by Gasteiger charge is 2.45. The Balaban J connectivity index is 1.73. The lowest BCUT2D eigenvalue weighted by atomic mass is 9.86. The zero-order valence-corrected chi connectivity index (χ0v) is 13.2. The van der Waals surface area contributed by atoms with Gasteiger partial charge in [-0.05, 0) is 51.6 Å². The Kier molecular flexibility index (Phi) is 3.65. The molecule has 3 nitrogen and oxygen atoms in total. The van der Waals surface area contributed by atoms with Gasteiger partial charge in [-0.25, -0.2) is 0 Å². The molecule has 3 aliphatic rings. The molecule has 19 heavy (non-hydrogen) atoms. The van der Waals surface area contributed by atoms with Gasteiger partial charge in [0.05, 0.1) is 0 Å². The van der Waals surface area contributed by atoms with Crippen LogP contribution in [0.1, 0.15) is 46.0 Å². The summed E-state index contributed by atoms with van der Waals surface area (Å²) in [6.45, 7) is 7.48. The van der Waals surface area contributed by atoms with Crippen molar-refractivity contribution in [1.82, 2.24) is 15.1 Å². The zero-order chi connectivity index (χ0) is 13.6. The fraction of sp³-hybridized carbons (Fsp3) is 1.00. The summed E-state index contributed by atoms with van der Waals surface area (Å²) in [7, 11) is 4.50. The zero-order valence-electron chi connectivity index (χ0n) is 13.2. The number of rotatable bonds is 2. The minimum absolute atomic E-state index is 0.455. The van der Waals surface area contributed by atoms with Crippen LogP contribution in [0, 0.1) is 5.41 Å². The highest BCUT2D eigenvalue weighted by atomic mass is 15.3. The minimum atomic E-state index is 0.455. The number of fused-ring (bicyclic) bond motifs is 2. The molecule has 2 bridgehead atoms. The third-order valence-corrected chi connectivity index (χ3v) is 6.27. The van der Waals surface area contributed by atoms with Crippen LogP contribution >= 0.6 is 0 Å². The molecule has 0 spiro atoms. The summed E-state index contributed by atoms with van der Waals surface area (Å²) in [5, 5.41) is 3.62. The van der Waals surface area contributed by atoms with Gasteiger partial charge in [-0.2, -0.15) is 0 Å². The maximum absolute atomic E-state index is 3.62. The van der Waals surface area contributed by atoms with Crippen LogP contribution in [0.25, 0.3) is 0 Å². The van der Waals surface area contributed by atoms with Gasteiger partial charge in [-0.15, -0.1) is 0 Å². The van der Waals surface area contributed by atoms with Crippen LogP contribution in [0.3, 0.4) is 0 Å². The smallest absolute Gasteiger partial charge is 0.0271 e. The molecule has 1 aliphatic carbocycles. The molecule has 3 rings (SSSR count). The molecule has 3 fully saturated rings. The molecule has 4 unspecified atom stereocenters. The summed E-state index contributed by atoms with van der Waals surface area (Å²) in [6, 6.07) is 3.09. The van der Waals surface area contributed by atoms with E-state index in [0.29, 0.717) is 11.5 Å². The largest absolute Gasteiger partial charge is 0.315 e. The van der Waals surface area contributed by atoms with E-state index >= 15 is 0 Å². The van der Waals surface area contributed by atoms with Gasteiger partial charge in [0.25, 0.3) is 0 Å². The van der Waals surface area contributed by atoms with Crippen LogP contribution in [0.4, 0.5) is 0 Å². The van der Waals surface area contributed by atoms with Crippen molar-refractivity contribution < 1.29 is 0 Å². The normalized spacial score (nSPS) is 43.6. The molecule has 3 heteroatoms. The van der Waals surface area contributed by atoms with E-state index in [1.54, 1.807) is 0 Å². The number of likely N-dealkylation sites (tertiary alicyclic amines) is 1. The second-order valence-electron chi connectivity index (χ2n) is 7.70. The van der Waals surface area contributed by atoms with Gasteiger partial charge in [0, 0.05) is 37.3 Å². The van der Waals surface area contributed by atoms with Gasteiger partial charge < -0.3 is 5.32 Å². The standard InChI is InChI=1S/C16H31N3/c1-16(2)9-7-14(15(16)17-3)19-10-8-12-5-6-13(11-19)18(12)4/h12-15,17H,5-11H2,1-4H3. The topological polar surface area (TPSA) is 18.5 Å². The first-order valence-corrected chi connectivity index (χ1v) is 8.16. The molecule has 110 valence electrons. The predicted molar refractivity (Wildman–Crippen MR) is 80.4 cm³/mol. The van der Waals surface area contributed by atoms with E-state index < -0.39 is 0 Å². The van der Waals surface area contributed by atoms with Crippen molar-refractivity contribution in [3.8, 4) is 0 Å². The molecular formula is C16H31N3. The number of hydrogen-bond acceptors (Lipinski definition) is 3. The van der Waals surface area contributed by atoms with Crippen LogP contribution in [-0.4, -0.2) is 61.2 Å². The van der Waals surface area contributed by atoms with Crippen molar-refractivity contribution in [1.29, 1.82) is 0 Å². The van der Waals surface area contributed by atoms with Crippen molar-refractivity contribution in [3.05, 3.63) is 0 Å². The summed E-state index contributed by atoms with van der Waals surface area (Å²) < 4.78 is 0. The number of hydrogen-bond donors (Lipinski definition) is 1. The van der Waals surface area contributed by atoms with E-state index in [4.69, 9.17) is 0 Å². The molecule has 0 radical (unpaired) electrons. The van der Waals surface area contributed by atoms with Gasteiger partial charge in [-0.1, -0.05) is 13.8 Å². The van der Waals surface area contributed by atoms with E-state index in [1.165, 1.54) is 45.2 Å². The fourth-order valence-corrected chi connectivity index (χ4v) is 4.98. The highest BCUT2D eigenvalue weighted by molar-refractivity contribution is 5.03. The maximum atomic E-state index is 3.62. The van der Waals surface area contributed by atoms with Crippen molar-refractivity contribution >= 4 is 0 Å². The molecule has 2 aliphatic heterocycles. The quantitative estimate of drug-likeness (QED) is 0.823. The van der Waals surface area contributed by atoms with Crippen LogP contribution in [0.5, 0.6) is 0 Å². The minimum Gasteiger partial charge on any atom is -0.315 e. The van der Waals surface area contributed by atoms with E-state index in [2.05, 4.69) is 43.1 Å².